The molecule has 1 aromatic heterocycles. The van der Waals surface area contributed by atoms with Gasteiger partial charge in [-0.25, -0.2) is 4.39 Å². The van der Waals surface area contributed by atoms with E-state index in [1.165, 1.54) is 16.9 Å². The van der Waals surface area contributed by atoms with Gasteiger partial charge in [0.25, 0.3) is 0 Å². The van der Waals surface area contributed by atoms with E-state index in [2.05, 4.69) is 20.7 Å². The molecule has 1 N–H and O–H groups in total. The minimum Gasteiger partial charge on any atom is -0.331 e. The maximum atomic E-state index is 13.6. The van der Waals surface area contributed by atoms with E-state index in [1.807, 2.05) is 37.3 Å². The summed E-state index contributed by atoms with van der Waals surface area (Å²) in [5.41, 5.74) is 2.77. The fourth-order valence-corrected chi connectivity index (χ4v) is 3.35. The molecule has 1 aliphatic rings. The van der Waals surface area contributed by atoms with Crippen LogP contribution in [0.1, 0.15) is 17.2 Å². The van der Waals surface area contributed by atoms with Gasteiger partial charge >= 0.3 is 0 Å². The van der Waals surface area contributed by atoms with Crippen LogP contribution >= 0.6 is 0 Å². The van der Waals surface area contributed by atoms with Crippen LogP contribution in [0.5, 0.6) is 0 Å². The van der Waals surface area contributed by atoms with Crippen LogP contribution in [0, 0.1) is 12.7 Å². The molecule has 0 saturated carbocycles. The molecule has 2 heterocycles. The number of aromatic nitrogens is 4. The largest absolute Gasteiger partial charge is 0.331 e. The average Bonchev–Trinajstić information content (AvgIpc) is 3.17. The molecule has 4 rings (SSSR count). The van der Waals surface area contributed by atoms with Crippen molar-refractivity contribution in [1.29, 1.82) is 0 Å². The predicted molar refractivity (Wildman–Crippen MR) is 102 cm³/mol. The van der Waals surface area contributed by atoms with E-state index in [-0.39, 0.29) is 24.3 Å². The van der Waals surface area contributed by atoms with Gasteiger partial charge < -0.3 is 10.2 Å². The van der Waals surface area contributed by atoms with Crippen molar-refractivity contribution in [2.24, 2.45) is 0 Å². The van der Waals surface area contributed by atoms with E-state index < -0.39 is 0 Å². The average molecular weight is 380 g/mol. The Labute approximate surface area is 162 Å². The zero-order valence-corrected chi connectivity index (χ0v) is 15.5. The summed E-state index contributed by atoms with van der Waals surface area (Å²) in [7, 11) is 0. The lowest BCUT2D eigenvalue weighted by atomic mass is 10.0. The number of halogens is 1. The van der Waals surface area contributed by atoms with Crippen molar-refractivity contribution in [3.8, 4) is 11.4 Å². The number of amides is 1. The second-order valence-corrected chi connectivity index (χ2v) is 6.87. The molecular weight excluding hydrogens is 359 g/mol. The number of aryl methyl sites for hydroxylation is 1. The van der Waals surface area contributed by atoms with Gasteiger partial charge in [-0.2, -0.15) is 4.80 Å². The van der Waals surface area contributed by atoms with Crippen molar-refractivity contribution < 1.29 is 9.18 Å². The second kappa shape index (κ2) is 7.85. The fourth-order valence-electron chi connectivity index (χ4n) is 3.35. The molecule has 8 heteroatoms. The molecule has 3 aromatic rings. The Bertz CT molecular complexity index is 971. The summed E-state index contributed by atoms with van der Waals surface area (Å²) in [6, 6.07) is 14.0. The molecule has 2 aromatic carbocycles. The molecule has 1 amide bonds. The summed E-state index contributed by atoms with van der Waals surface area (Å²) in [4.78, 5) is 16.0. The lowest BCUT2D eigenvalue weighted by Gasteiger charge is -2.36. The van der Waals surface area contributed by atoms with Gasteiger partial charge in [-0.3, -0.25) is 4.79 Å². The lowest BCUT2D eigenvalue weighted by molar-refractivity contribution is -0.135. The number of hydrogen-bond donors (Lipinski definition) is 1. The molecule has 144 valence electrons. The maximum Gasteiger partial charge on any atom is 0.246 e. The highest BCUT2D eigenvalue weighted by Gasteiger charge is 2.28. The SMILES string of the molecule is Cc1ccc(-c2nnn(CC(=O)N3CCNCC3c3cccc(F)c3)n2)cc1. The molecule has 1 atom stereocenters. The van der Waals surface area contributed by atoms with E-state index in [4.69, 9.17) is 0 Å². The molecule has 1 aliphatic heterocycles. The third-order valence-electron chi connectivity index (χ3n) is 4.84. The van der Waals surface area contributed by atoms with Crippen molar-refractivity contribution in [3.05, 3.63) is 65.5 Å². The molecule has 0 aliphatic carbocycles. The quantitative estimate of drug-likeness (QED) is 0.749. The van der Waals surface area contributed by atoms with E-state index in [9.17, 15) is 9.18 Å². The Balaban J connectivity index is 1.50. The molecular formula is C20H21FN6O. The Kier molecular flexibility index (Phi) is 5.12. The van der Waals surface area contributed by atoms with Gasteiger partial charge in [-0.1, -0.05) is 42.0 Å². The van der Waals surface area contributed by atoms with Gasteiger partial charge in [0, 0.05) is 25.2 Å². The Morgan fingerprint density at radius 3 is 2.86 bits per heavy atom. The third kappa shape index (κ3) is 3.91. The Morgan fingerprint density at radius 1 is 1.25 bits per heavy atom. The van der Waals surface area contributed by atoms with Crippen molar-refractivity contribution in [2.75, 3.05) is 19.6 Å². The number of hydrogen-bond acceptors (Lipinski definition) is 5. The first-order chi connectivity index (χ1) is 13.6. The lowest BCUT2D eigenvalue weighted by Crippen LogP contribution is -2.49. The molecule has 0 radical (unpaired) electrons. The Hall–Kier alpha value is -3.13. The number of carbonyl (C=O) groups excluding carboxylic acids is 1. The minimum atomic E-state index is -0.309. The number of nitrogens with zero attached hydrogens (tertiary/aromatic N) is 5. The Morgan fingerprint density at radius 2 is 2.07 bits per heavy atom. The molecule has 1 fully saturated rings. The zero-order valence-electron chi connectivity index (χ0n) is 15.5. The van der Waals surface area contributed by atoms with Gasteiger partial charge in [0.15, 0.2) is 0 Å². The molecule has 0 spiro atoms. The maximum absolute atomic E-state index is 13.6. The van der Waals surface area contributed by atoms with Crippen LogP contribution < -0.4 is 5.32 Å². The first-order valence-electron chi connectivity index (χ1n) is 9.20. The molecule has 7 nitrogen and oxygen atoms in total. The van der Waals surface area contributed by atoms with Gasteiger partial charge in [0.1, 0.15) is 12.4 Å². The summed E-state index contributed by atoms with van der Waals surface area (Å²) in [6.45, 7) is 3.81. The number of rotatable bonds is 4. The summed E-state index contributed by atoms with van der Waals surface area (Å²) in [6.07, 6.45) is 0. The van der Waals surface area contributed by atoms with Gasteiger partial charge in [-0.15, -0.1) is 10.2 Å². The van der Waals surface area contributed by atoms with E-state index in [0.717, 1.165) is 16.7 Å². The summed E-state index contributed by atoms with van der Waals surface area (Å²) in [5, 5.41) is 15.7. The molecule has 1 saturated heterocycles. The molecule has 28 heavy (non-hydrogen) atoms. The van der Waals surface area contributed by atoms with E-state index >= 15 is 0 Å². The first-order valence-corrected chi connectivity index (χ1v) is 9.20. The third-order valence-corrected chi connectivity index (χ3v) is 4.84. The summed E-state index contributed by atoms with van der Waals surface area (Å²) in [5.74, 6) is 0.0505. The van der Waals surface area contributed by atoms with Gasteiger partial charge in [0.05, 0.1) is 6.04 Å². The van der Waals surface area contributed by atoms with Crippen LogP contribution in [0.4, 0.5) is 4.39 Å². The van der Waals surface area contributed by atoms with Crippen molar-refractivity contribution >= 4 is 5.91 Å². The summed E-state index contributed by atoms with van der Waals surface area (Å²) >= 11 is 0. The fraction of sp³-hybridized carbons (Fsp3) is 0.300. The monoisotopic (exact) mass is 380 g/mol. The van der Waals surface area contributed by atoms with Crippen molar-refractivity contribution in [2.45, 2.75) is 19.5 Å². The van der Waals surface area contributed by atoms with Crippen LogP contribution in [-0.2, 0) is 11.3 Å². The highest BCUT2D eigenvalue weighted by molar-refractivity contribution is 5.76. The van der Waals surface area contributed by atoms with E-state index in [0.29, 0.717) is 25.5 Å². The van der Waals surface area contributed by atoms with Crippen LogP contribution in [0.3, 0.4) is 0 Å². The second-order valence-electron chi connectivity index (χ2n) is 6.87. The highest BCUT2D eigenvalue weighted by atomic mass is 19.1. The molecule has 0 bridgehead atoms. The van der Waals surface area contributed by atoms with Crippen LogP contribution in [-0.4, -0.2) is 50.6 Å². The van der Waals surface area contributed by atoms with Crippen LogP contribution in [0.2, 0.25) is 0 Å². The standard InChI is InChI=1S/C20H21FN6O/c1-14-5-7-15(8-6-14)20-23-25-27(24-20)13-19(28)26-10-9-22-12-18(26)16-3-2-4-17(21)11-16/h2-8,11,18,22H,9-10,12-13H2,1H3. The summed E-state index contributed by atoms with van der Waals surface area (Å²) < 4.78 is 13.6. The highest BCUT2D eigenvalue weighted by Crippen LogP contribution is 2.23. The molecule has 1 unspecified atom stereocenters. The van der Waals surface area contributed by atoms with E-state index in [1.54, 1.807) is 11.0 Å². The number of piperazine rings is 1. The minimum absolute atomic E-state index is 0.00925. The van der Waals surface area contributed by atoms with Crippen LogP contribution in [0.15, 0.2) is 48.5 Å². The number of tetrazole rings is 1. The zero-order chi connectivity index (χ0) is 19.5. The van der Waals surface area contributed by atoms with Gasteiger partial charge in [0.2, 0.25) is 11.7 Å². The topological polar surface area (TPSA) is 75.9 Å². The van der Waals surface area contributed by atoms with Crippen molar-refractivity contribution in [3.63, 3.8) is 0 Å². The number of nitrogens with one attached hydrogen (secondary N) is 1. The normalized spacial score (nSPS) is 16.9. The first kappa shape index (κ1) is 18.2. The van der Waals surface area contributed by atoms with Crippen molar-refractivity contribution in [1.82, 2.24) is 30.4 Å². The van der Waals surface area contributed by atoms with Gasteiger partial charge in [-0.05, 0) is 29.8 Å². The number of carbonyl (C=O) groups is 1. The number of benzene rings is 2. The predicted octanol–water partition coefficient (Wildman–Crippen LogP) is 1.96. The smallest absolute Gasteiger partial charge is 0.246 e. The van der Waals surface area contributed by atoms with Crippen LogP contribution in [0.25, 0.3) is 11.4 Å².